The average molecular weight is 337 g/mol. The van der Waals surface area contributed by atoms with Crippen molar-refractivity contribution in [2.24, 2.45) is 0 Å². The molecule has 7 heteroatoms. The number of hydrogen-bond donors (Lipinski definition) is 2. The Morgan fingerprint density at radius 3 is 2.61 bits per heavy atom. The van der Waals surface area contributed by atoms with Gasteiger partial charge in [-0.2, -0.15) is 0 Å². The molecule has 23 heavy (non-hydrogen) atoms. The SMILES string of the molecule is CCC(O)(CC)CNC(=O)c1nc(C)n(-c2ccccc2Cl)n1. The van der Waals surface area contributed by atoms with E-state index in [-0.39, 0.29) is 12.4 Å². The highest BCUT2D eigenvalue weighted by atomic mass is 35.5. The molecule has 0 atom stereocenters. The molecule has 0 saturated heterocycles. The van der Waals surface area contributed by atoms with Gasteiger partial charge in [-0.15, -0.1) is 5.10 Å². The molecule has 0 aliphatic rings. The maximum atomic E-state index is 12.2. The van der Waals surface area contributed by atoms with E-state index in [2.05, 4.69) is 15.4 Å². The monoisotopic (exact) mass is 336 g/mol. The van der Waals surface area contributed by atoms with E-state index in [1.165, 1.54) is 4.68 Å². The van der Waals surface area contributed by atoms with Crippen LogP contribution in [0.15, 0.2) is 24.3 Å². The lowest BCUT2D eigenvalue weighted by molar-refractivity contribution is 0.0312. The van der Waals surface area contributed by atoms with E-state index in [9.17, 15) is 9.90 Å². The zero-order chi connectivity index (χ0) is 17.0. The van der Waals surface area contributed by atoms with Gasteiger partial charge in [0.2, 0.25) is 5.82 Å². The van der Waals surface area contributed by atoms with Gasteiger partial charge in [0.25, 0.3) is 5.91 Å². The first-order valence-electron chi connectivity index (χ1n) is 7.59. The number of hydrogen-bond acceptors (Lipinski definition) is 4. The van der Waals surface area contributed by atoms with E-state index in [0.717, 1.165) is 0 Å². The molecule has 6 nitrogen and oxygen atoms in total. The van der Waals surface area contributed by atoms with E-state index in [4.69, 9.17) is 11.6 Å². The number of amides is 1. The first-order valence-corrected chi connectivity index (χ1v) is 7.97. The lowest BCUT2D eigenvalue weighted by Gasteiger charge is -2.24. The predicted octanol–water partition coefficient (Wildman–Crippen LogP) is 2.51. The molecule has 0 aliphatic heterocycles. The molecule has 1 amide bonds. The molecule has 1 aromatic carbocycles. The molecule has 2 rings (SSSR count). The van der Waals surface area contributed by atoms with Crippen molar-refractivity contribution in [3.05, 3.63) is 40.9 Å². The molecule has 0 spiro atoms. The third kappa shape index (κ3) is 3.89. The van der Waals surface area contributed by atoms with Crippen LogP contribution in [0.5, 0.6) is 0 Å². The maximum absolute atomic E-state index is 12.2. The summed E-state index contributed by atoms with van der Waals surface area (Å²) in [5.41, 5.74) is -0.243. The molecule has 0 unspecified atom stereocenters. The molecule has 0 bridgehead atoms. The third-order valence-electron chi connectivity index (χ3n) is 3.95. The van der Waals surface area contributed by atoms with Gasteiger partial charge in [0.05, 0.1) is 16.3 Å². The number of nitrogens with zero attached hydrogens (tertiary/aromatic N) is 3. The highest BCUT2D eigenvalue weighted by Crippen LogP contribution is 2.20. The molecular formula is C16H21ClN4O2. The van der Waals surface area contributed by atoms with Crippen molar-refractivity contribution in [1.82, 2.24) is 20.1 Å². The van der Waals surface area contributed by atoms with Crippen molar-refractivity contribution in [2.75, 3.05) is 6.54 Å². The number of rotatable bonds is 6. The van der Waals surface area contributed by atoms with Crippen molar-refractivity contribution in [3.63, 3.8) is 0 Å². The Bertz CT molecular complexity index is 695. The van der Waals surface area contributed by atoms with Gasteiger partial charge in [-0.25, -0.2) is 9.67 Å². The fraction of sp³-hybridized carbons (Fsp3) is 0.438. The van der Waals surface area contributed by atoms with E-state index < -0.39 is 11.5 Å². The fourth-order valence-corrected chi connectivity index (χ4v) is 2.38. The van der Waals surface area contributed by atoms with Crippen LogP contribution in [0.25, 0.3) is 5.69 Å². The summed E-state index contributed by atoms with van der Waals surface area (Å²) in [4.78, 5) is 16.4. The smallest absolute Gasteiger partial charge is 0.291 e. The Morgan fingerprint density at radius 1 is 1.35 bits per heavy atom. The second-order valence-electron chi connectivity index (χ2n) is 5.46. The zero-order valence-corrected chi connectivity index (χ0v) is 14.3. The van der Waals surface area contributed by atoms with Gasteiger partial charge in [0.15, 0.2) is 0 Å². The van der Waals surface area contributed by atoms with Crippen molar-refractivity contribution in [1.29, 1.82) is 0 Å². The molecular weight excluding hydrogens is 316 g/mol. The Labute approximate surface area is 140 Å². The van der Waals surface area contributed by atoms with E-state index in [1.807, 2.05) is 26.0 Å². The van der Waals surface area contributed by atoms with E-state index in [1.54, 1.807) is 19.1 Å². The summed E-state index contributed by atoms with van der Waals surface area (Å²) in [5, 5.41) is 17.7. The second kappa shape index (κ2) is 7.10. The highest BCUT2D eigenvalue weighted by Gasteiger charge is 2.24. The van der Waals surface area contributed by atoms with Crippen LogP contribution in [0, 0.1) is 6.92 Å². The van der Waals surface area contributed by atoms with Crippen molar-refractivity contribution >= 4 is 17.5 Å². The second-order valence-corrected chi connectivity index (χ2v) is 5.87. The lowest BCUT2D eigenvalue weighted by atomic mass is 9.98. The summed E-state index contributed by atoms with van der Waals surface area (Å²) < 4.78 is 1.53. The largest absolute Gasteiger partial charge is 0.388 e. The van der Waals surface area contributed by atoms with Crippen LogP contribution in [-0.4, -0.2) is 37.9 Å². The summed E-state index contributed by atoms with van der Waals surface area (Å²) in [7, 11) is 0. The normalized spacial score (nSPS) is 11.5. The number of carbonyl (C=O) groups excluding carboxylic acids is 1. The van der Waals surface area contributed by atoms with Crippen LogP contribution in [0.1, 0.15) is 43.1 Å². The van der Waals surface area contributed by atoms with Gasteiger partial charge in [-0.1, -0.05) is 37.6 Å². The van der Waals surface area contributed by atoms with E-state index >= 15 is 0 Å². The number of benzene rings is 1. The number of aromatic nitrogens is 3. The van der Waals surface area contributed by atoms with Crippen molar-refractivity contribution in [2.45, 2.75) is 39.2 Å². The summed E-state index contributed by atoms with van der Waals surface area (Å²) >= 11 is 6.16. The number of nitrogens with one attached hydrogen (secondary N) is 1. The van der Waals surface area contributed by atoms with Crippen LogP contribution in [0.4, 0.5) is 0 Å². The van der Waals surface area contributed by atoms with Crippen molar-refractivity contribution < 1.29 is 9.90 Å². The minimum atomic E-state index is -0.907. The Kier molecular flexibility index (Phi) is 5.38. The standard InChI is InChI=1S/C16H21ClN4O2/c1-4-16(23,5-2)10-18-15(22)14-19-11(3)21(20-14)13-9-7-6-8-12(13)17/h6-9,23H,4-5,10H2,1-3H3,(H,18,22). The number of halogens is 1. The molecule has 0 aliphatic carbocycles. The molecule has 0 saturated carbocycles. The molecule has 0 radical (unpaired) electrons. The molecule has 1 heterocycles. The molecule has 2 N–H and O–H groups in total. The molecule has 1 aromatic heterocycles. The molecule has 2 aromatic rings. The fourth-order valence-electron chi connectivity index (χ4n) is 2.16. The van der Waals surface area contributed by atoms with Gasteiger partial charge < -0.3 is 10.4 Å². The number of carbonyl (C=O) groups is 1. The summed E-state index contributed by atoms with van der Waals surface area (Å²) in [5.74, 6) is 0.195. The number of para-hydroxylation sites is 1. The van der Waals surface area contributed by atoms with Crippen LogP contribution in [-0.2, 0) is 0 Å². The highest BCUT2D eigenvalue weighted by molar-refractivity contribution is 6.32. The predicted molar refractivity (Wildman–Crippen MR) is 89.0 cm³/mol. The summed E-state index contributed by atoms with van der Waals surface area (Å²) in [6, 6.07) is 7.21. The minimum Gasteiger partial charge on any atom is -0.388 e. The quantitative estimate of drug-likeness (QED) is 0.849. The maximum Gasteiger partial charge on any atom is 0.291 e. The number of aryl methyl sites for hydroxylation is 1. The van der Waals surface area contributed by atoms with Crippen LogP contribution in [0.3, 0.4) is 0 Å². The Morgan fingerprint density at radius 2 is 2.00 bits per heavy atom. The van der Waals surface area contributed by atoms with Gasteiger partial charge in [-0.3, -0.25) is 4.79 Å². The molecule has 124 valence electrons. The Hall–Kier alpha value is -1.92. The number of aliphatic hydroxyl groups is 1. The molecule has 0 fully saturated rings. The summed E-state index contributed by atoms with van der Waals surface area (Å²) in [6.07, 6.45) is 1.12. The van der Waals surface area contributed by atoms with Gasteiger partial charge in [-0.05, 0) is 31.9 Å². The minimum absolute atomic E-state index is 0.0528. The van der Waals surface area contributed by atoms with Gasteiger partial charge >= 0.3 is 0 Å². The summed E-state index contributed by atoms with van der Waals surface area (Å²) in [6.45, 7) is 5.68. The first kappa shape index (κ1) is 17.4. The van der Waals surface area contributed by atoms with E-state index in [0.29, 0.717) is 29.4 Å². The lowest BCUT2D eigenvalue weighted by Crippen LogP contribution is -2.42. The topological polar surface area (TPSA) is 80.0 Å². The van der Waals surface area contributed by atoms with Crippen molar-refractivity contribution in [3.8, 4) is 5.69 Å². The Balaban J connectivity index is 2.18. The zero-order valence-electron chi connectivity index (χ0n) is 13.5. The van der Waals surface area contributed by atoms with Crippen LogP contribution in [0.2, 0.25) is 5.02 Å². The van der Waals surface area contributed by atoms with Gasteiger partial charge in [0, 0.05) is 6.54 Å². The van der Waals surface area contributed by atoms with Gasteiger partial charge in [0.1, 0.15) is 5.82 Å². The van der Waals surface area contributed by atoms with Crippen LogP contribution < -0.4 is 5.32 Å². The van der Waals surface area contributed by atoms with Crippen LogP contribution >= 0.6 is 11.6 Å². The third-order valence-corrected chi connectivity index (χ3v) is 4.27. The first-order chi connectivity index (χ1) is 10.9. The average Bonchev–Trinajstić information content (AvgIpc) is 2.94.